The van der Waals surface area contributed by atoms with Crippen molar-refractivity contribution in [2.24, 2.45) is 0 Å². The number of benzene rings is 2. The lowest BCUT2D eigenvalue weighted by atomic mass is 9.87. The molecule has 31 heavy (non-hydrogen) atoms. The maximum atomic E-state index is 13.0. The highest BCUT2D eigenvalue weighted by molar-refractivity contribution is 6.31. The SMILES string of the molecule is CCn1ncc(Cl)c1CN(C)C(=O)c1cccc(COc2ccc(C(C)(C)C)cc2)c1. The Morgan fingerprint density at radius 3 is 2.52 bits per heavy atom. The third-order valence-electron chi connectivity index (χ3n) is 5.23. The Labute approximate surface area is 189 Å². The van der Waals surface area contributed by atoms with Gasteiger partial charge < -0.3 is 9.64 Å². The quantitative estimate of drug-likeness (QED) is 0.474. The molecular weight excluding hydrogens is 410 g/mol. The van der Waals surface area contributed by atoms with E-state index in [-0.39, 0.29) is 11.3 Å². The van der Waals surface area contributed by atoms with Crippen LogP contribution in [0.15, 0.2) is 54.7 Å². The van der Waals surface area contributed by atoms with Crippen LogP contribution in [-0.4, -0.2) is 27.6 Å². The highest BCUT2D eigenvalue weighted by atomic mass is 35.5. The second kappa shape index (κ2) is 9.56. The van der Waals surface area contributed by atoms with Gasteiger partial charge in [0.15, 0.2) is 0 Å². The van der Waals surface area contributed by atoms with Crippen molar-refractivity contribution in [1.29, 1.82) is 0 Å². The lowest BCUT2D eigenvalue weighted by molar-refractivity contribution is 0.0781. The lowest BCUT2D eigenvalue weighted by Gasteiger charge is -2.19. The van der Waals surface area contributed by atoms with E-state index in [0.29, 0.717) is 30.3 Å². The van der Waals surface area contributed by atoms with E-state index < -0.39 is 0 Å². The van der Waals surface area contributed by atoms with Gasteiger partial charge in [0.25, 0.3) is 5.91 Å². The molecule has 0 fully saturated rings. The van der Waals surface area contributed by atoms with Crippen LogP contribution in [0, 0.1) is 0 Å². The smallest absolute Gasteiger partial charge is 0.253 e. The Bertz CT molecular complexity index is 1040. The van der Waals surface area contributed by atoms with Gasteiger partial charge in [-0.05, 0) is 47.7 Å². The number of carbonyl (C=O) groups is 1. The summed E-state index contributed by atoms with van der Waals surface area (Å²) in [6.45, 7) is 10.0. The fraction of sp³-hybridized carbons (Fsp3) is 0.360. The first kappa shape index (κ1) is 22.9. The van der Waals surface area contributed by atoms with E-state index in [1.54, 1.807) is 22.8 Å². The molecule has 0 bridgehead atoms. The minimum atomic E-state index is -0.0729. The molecule has 164 valence electrons. The molecule has 1 heterocycles. The molecule has 0 aliphatic carbocycles. The van der Waals surface area contributed by atoms with Gasteiger partial charge >= 0.3 is 0 Å². The second-order valence-electron chi connectivity index (χ2n) is 8.68. The zero-order valence-electron chi connectivity index (χ0n) is 18.9. The minimum Gasteiger partial charge on any atom is -0.489 e. The number of hydrogen-bond donors (Lipinski definition) is 0. The molecule has 0 atom stereocenters. The molecule has 0 saturated heterocycles. The molecule has 3 aromatic rings. The van der Waals surface area contributed by atoms with Crippen LogP contribution in [0.2, 0.25) is 5.02 Å². The summed E-state index contributed by atoms with van der Waals surface area (Å²) in [5.41, 5.74) is 3.76. The van der Waals surface area contributed by atoms with Crippen LogP contribution in [-0.2, 0) is 25.1 Å². The molecule has 1 amide bonds. The van der Waals surface area contributed by atoms with Gasteiger partial charge in [-0.2, -0.15) is 5.10 Å². The first-order chi connectivity index (χ1) is 14.7. The van der Waals surface area contributed by atoms with E-state index in [4.69, 9.17) is 16.3 Å². The molecule has 2 aromatic carbocycles. The zero-order chi connectivity index (χ0) is 22.6. The number of carbonyl (C=O) groups excluding carboxylic acids is 1. The normalized spacial score (nSPS) is 11.4. The Morgan fingerprint density at radius 1 is 1.16 bits per heavy atom. The van der Waals surface area contributed by atoms with Gasteiger partial charge in [0.05, 0.1) is 23.5 Å². The number of halogens is 1. The monoisotopic (exact) mass is 439 g/mol. The number of amides is 1. The van der Waals surface area contributed by atoms with Crippen molar-refractivity contribution >= 4 is 17.5 Å². The van der Waals surface area contributed by atoms with E-state index in [1.165, 1.54) is 5.56 Å². The Kier molecular flexibility index (Phi) is 7.06. The molecule has 0 aliphatic heterocycles. The predicted molar refractivity (Wildman–Crippen MR) is 125 cm³/mol. The molecular formula is C25H30ClN3O2. The van der Waals surface area contributed by atoms with E-state index in [0.717, 1.165) is 17.0 Å². The summed E-state index contributed by atoms with van der Waals surface area (Å²) in [7, 11) is 1.77. The van der Waals surface area contributed by atoms with Crippen LogP contribution in [0.25, 0.3) is 0 Å². The van der Waals surface area contributed by atoms with Crippen molar-refractivity contribution in [3.8, 4) is 5.75 Å². The number of aromatic nitrogens is 2. The molecule has 0 radical (unpaired) electrons. The molecule has 6 heteroatoms. The number of nitrogens with zero attached hydrogens (tertiary/aromatic N) is 3. The molecule has 3 rings (SSSR count). The van der Waals surface area contributed by atoms with Crippen molar-refractivity contribution in [3.05, 3.63) is 82.1 Å². The van der Waals surface area contributed by atoms with Gasteiger partial charge in [0.2, 0.25) is 0 Å². The maximum Gasteiger partial charge on any atom is 0.253 e. The minimum absolute atomic E-state index is 0.0729. The third-order valence-corrected chi connectivity index (χ3v) is 5.55. The molecule has 5 nitrogen and oxygen atoms in total. The Morgan fingerprint density at radius 2 is 1.87 bits per heavy atom. The number of aryl methyl sites for hydroxylation is 1. The molecule has 0 spiro atoms. The number of hydrogen-bond acceptors (Lipinski definition) is 3. The van der Waals surface area contributed by atoms with Crippen LogP contribution in [0.1, 0.15) is 54.9 Å². The van der Waals surface area contributed by atoms with Gasteiger partial charge in [-0.3, -0.25) is 9.48 Å². The van der Waals surface area contributed by atoms with Crippen LogP contribution in [0.4, 0.5) is 0 Å². The van der Waals surface area contributed by atoms with Crippen molar-refractivity contribution in [3.63, 3.8) is 0 Å². The Hall–Kier alpha value is -2.79. The highest BCUT2D eigenvalue weighted by Gasteiger charge is 2.17. The second-order valence-corrected chi connectivity index (χ2v) is 9.09. The summed E-state index contributed by atoms with van der Waals surface area (Å²) < 4.78 is 7.74. The van der Waals surface area contributed by atoms with Gasteiger partial charge in [0, 0.05) is 19.2 Å². The molecule has 0 saturated carbocycles. The predicted octanol–water partition coefficient (Wildman–Crippen LogP) is 5.71. The summed E-state index contributed by atoms with van der Waals surface area (Å²) in [6.07, 6.45) is 1.62. The van der Waals surface area contributed by atoms with Gasteiger partial charge in [-0.15, -0.1) is 0 Å². The van der Waals surface area contributed by atoms with Crippen molar-refractivity contribution in [1.82, 2.24) is 14.7 Å². The first-order valence-corrected chi connectivity index (χ1v) is 10.8. The fourth-order valence-corrected chi connectivity index (χ4v) is 3.55. The number of rotatable bonds is 7. The Balaban J connectivity index is 1.65. The van der Waals surface area contributed by atoms with Crippen LogP contribution >= 0.6 is 11.6 Å². The summed E-state index contributed by atoms with van der Waals surface area (Å²) in [6, 6.07) is 15.7. The van der Waals surface area contributed by atoms with Crippen LogP contribution in [0.3, 0.4) is 0 Å². The summed E-state index contributed by atoms with van der Waals surface area (Å²) in [4.78, 5) is 14.6. The first-order valence-electron chi connectivity index (χ1n) is 10.5. The molecule has 1 aromatic heterocycles. The van der Waals surface area contributed by atoms with Gasteiger partial charge in [-0.25, -0.2) is 0 Å². The standard InChI is InChI=1S/C25H30ClN3O2/c1-6-29-23(22(26)15-27-29)16-28(5)24(30)19-9-7-8-18(14-19)17-31-21-12-10-20(11-13-21)25(2,3)4/h7-15H,6,16-17H2,1-5H3. The van der Waals surface area contributed by atoms with Gasteiger partial charge in [0.1, 0.15) is 12.4 Å². The van der Waals surface area contributed by atoms with Crippen LogP contribution < -0.4 is 4.74 Å². The van der Waals surface area contributed by atoms with Crippen molar-refractivity contribution in [2.45, 2.75) is 52.8 Å². The summed E-state index contributed by atoms with van der Waals surface area (Å²) in [5, 5.41) is 4.81. The largest absolute Gasteiger partial charge is 0.489 e. The van der Waals surface area contributed by atoms with E-state index in [1.807, 2.05) is 43.3 Å². The topological polar surface area (TPSA) is 47.4 Å². The lowest BCUT2D eigenvalue weighted by Crippen LogP contribution is -2.27. The average molecular weight is 440 g/mol. The number of ether oxygens (including phenoxy) is 1. The van der Waals surface area contributed by atoms with Crippen LogP contribution in [0.5, 0.6) is 5.75 Å². The molecule has 0 N–H and O–H groups in total. The van der Waals surface area contributed by atoms with Crippen molar-refractivity contribution < 1.29 is 9.53 Å². The van der Waals surface area contributed by atoms with E-state index in [2.05, 4.69) is 38.0 Å². The molecule has 0 unspecified atom stereocenters. The van der Waals surface area contributed by atoms with E-state index in [9.17, 15) is 4.79 Å². The zero-order valence-corrected chi connectivity index (χ0v) is 19.6. The molecule has 0 aliphatic rings. The summed E-state index contributed by atoms with van der Waals surface area (Å²) >= 11 is 6.24. The fourth-order valence-electron chi connectivity index (χ4n) is 3.35. The van der Waals surface area contributed by atoms with E-state index >= 15 is 0 Å². The highest BCUT2D eigenvalue weighted by Crippen LogP contribution is 2.25. The average Bonchev–Trinajstić information content (AvgIpc) is 3.11. The van der Waals surface area contributed by atoms with Crippen molar-refractivity contribution in [2.75, 3.05) is 7.05 Å². The third kappa shape index (κ3) is 5.67. The summed E-state index contributed by atoms with van der Waals surface area (Å²) in [5.74, 6) is 0.737. The maximum absolute atomic E-state index is 13.0. The van der Waals surface area contributed by atoms with Gasteiger partial charge in [-0.1, -0.05) is 56.6 Å².